The molecule has 0 saturated heterocycles. The van der Waals surface area contributed by atoms with Crippen molar-refractivity contribution in [1.29, 1.82) is 0 Å². The van der Waals surface area contributed by atoms with Gasteiger partial charge in [0.2, 0.25) is 0 Å². The van der Waals surface area contributed by atoms with Crippen molar-refractivity contribution >= 4 is 0 Å². The van der Waals surface area contributed by atoms with Crippen LogP contribution in [0.25, 0.3) is 0 Å². The maximum atomic E-state index is 3.63. The lowest BCUT2D eigenvalue weighted by Crippen LogP contribution is -2.43. The summed E-state index contributed by atoms with van der Waals surface area (Å²) in [6.45, 7) is 14.4. The Hall–Kier alpha value is -0.0800. The van der Waals surface area contributed by atoms with Crippen LogP contribution in [0.3, 0.4) is 0 Å². The molecule has 2 rings (SSSR count). The standard InChI is InChI=1S/C16H32N2/c1-13(2)9-17-11-16(3,4)12-18(15-7-8-15)10-14-5-6-14/h13-15,17H,5-12H2,1-4H3. The molecular formula is C16H32N2. The maximum Gasteiger partial charge on any atom is 0.00967 e. The van der Waals surface area contributed by atoms with Crippen LogP contribution >= 0.6 is 0 Å². The third kappa shape index (κ3) is 5.27. The Morgan fingerprint density at radius 2 is 1.83 bits per heavy atom. The van der Waals surface area contributed by atoms with E-state index in [2.05, 4.69) is 37.9 Å². The van der Waals surface area contributed by atoms with Gasteiger partial charge >= 0.3 is 0 Å². The van der Waals surface area contributed by atoms with Crippen LogP contribution in [0.2, 0.25) is 0 Å². The van der Waals surface area contributed by atoms with Crippen LogP contribution < -0.4 is 5.32 Å². The first-order valence-electron chi connectivity index (χ1n) is 7.91. The Balaban J connectivity index is 1.72. The average Bonchev–Trinajstić information content (AvgIpc) is 3.11. The van der Waals surface area contributed by atoms with Crippen molar-refractivity contribution in [2.45, 2.75) is 59.4 Å². The highest BCUT2D eigenvalue weighted by Gasteiger charge is 2.36. The summed E-state index contributed by atoms with van der Waals surface area (Å²) < 4.78 is 0. The molecule has 2 saturated carbocycles. The molecule has 0 atom stereocenters. The van der Waals surface area contributed by atoms with Crippen LogP contribution in [-0.2, 0) is 0 Å². The molecule has 0 unspecified atom stereocenters. The lowest BCUT2D eigenvalue weighted by Gasteiger charge is -2.33. The highest BCUT2D eigenvalue weighted by atomic mass is 15.2. The van der Waals surface area contributed by atoms with Gasteiger partial charge < -0.3 is 5.32 Å². The summed E-state index contributed by atoms with van der Waals surface area (Å²) in [5, 5.41) is 3.63. The molecule has 0 heterocycles. The van der Waals surface area contributed by atoms with E-state index in [4.69, 9.17) is 0 Å². The fourth-order valence-electron chi connectivity index (χ4n) is 2.72. The van der Waals surface area contributed by atoms with Gasteiger partial charge in [-0.1, -0.05) is 27.7 Å². The normalized spacial score (nSPS) is 21.0. The molecule has 0 radical (unpaired) electrons. The summed E-state index contributed by atoms with van der Waals surface area (Å²) >= 11 is 0. The second kappa shape index (κ2) is 5.92. The van der Waals surface area contributed by atoms with E-state index >= 15 is 0 Å². The summed E-state index contributed by atoms with van der Waals surface area (Å²) in [4.78, 5) is 2.79. The Morgan fingerprint density at radius 1 is 1.17 bits per heavy atom. The Bertz CT molecular complexity index is 252. The van der Waals surface area contributed by atoms with Gasteiger partial charge in [-0.05, 0) is 49.5 Å². The zero-order valence-electron chi connectivity index (χ0n) is 12.8. The van der Waals surface area contributed by atoms with Gasteiger partial charge in [0.05, 0.1) is 0 Å². The minimum Gasteiger partial charge on any atom is -0.316 e. The van der Waals surface area contributed by atoms with Crippen LogP contribution in [-0.4, -0.2) is 37.1 Å². The third-order valence-electron chi connectivity index (χ3n) is 4.04. The number of hydrogen-bond acceptors (Lipinski definition) is 2. The van der Waals surface area contributed by atoms with E-state index in [9.17, 15) is 0 Å². The molecule has 0 aromatic carbocycles. The molecule has 0 aliphatic heterocycles. The van der Waals surface area contributed by atoms with E-state index in [1.165, 1.54) is 38.8 Å². The van der Waals surface area contributed by atoms with Crippen molar-refractivity contribution in [3.63, 3.8) is 0 Å². The van der Waals surface area contributed by atoms with Crippen LogP contribution in [0.1, 0.15) is 53.4 Å². The van der Waals surface area contributed by atoms with Gasteiger partial charge in [-0.25, -0.2) is 0 Å². The van der Waals surface area contributed by atoms with Crippen molar-refractivity contribution in [3.05, 3.63) is 0 Å². The summed E-state index contributed by atoms with van der Waals surface area (Å²) in [6.07, 6.45) is 5.86. The monoisotopic (exact) mass is 252 g/mol. The highest BCUT2D eigenvalue weighted by molar-refractivity contribution is 4.91. The summed E-state index contributed by atoms with van der Waals surface area (Å²) in [6, 6.07) is 0.926. The second-order valence-electron chi connectivity index (χ2n) is 7.79. The zero-order valence-corrected chi connectivity index (χ0v) is 12.8. The van der Waals surface area contributed by atoms with Crippen LogP contribution in [0.5, 0.6) is 0 Å². The number of hydrogen-bond donors (Lipinski definition) is 1. The van der Waals surface area contributed by atoms with Crippen molar-refractivity contribution in [2.75, 3.05) is 26.2 Å². The fourth-order valence-corrected chi connectivity index (χ4v) is 2.72. The molecule has 0 bridgehead atoms. The number of nitrogens with zero attached hydrogens (tertiary/aromatic N) is 1. The summed E-state index contributed by atoms with van der Waals surface area (Å²) in [7, 11) is 0. The van der Waals surface area contributed by atoms with Gasteiger partial charge in [-0.15, -0.1) is 0 Å². The van der Waals surface area contributed by atoms with Crippen molar-refractivity contribution < 1.29 is 0 Å². The molecule has 18 heavy (non-hydrogen) atoms. The van der Waals surface area contributed by atoms with Gasteiger partial charge in [0, 0.05) is 25.7 Å². The smallest absolute Gasteiger partial charge is 0.00967 e. The average molecular weight is 252 g/mol. The van der Waals surface area contributed by atoms with Crippen LogP contribution in [0.15, 0.2) is 0 Å². The molecule has 0 aromatic rings. The van der Waals surface area contributed by atoms with E-state index in [1.807, 2.05) is 0 Å². The summed E-state index contributed by atoms with van der Waals surface area (Å²) in [5.41, 5.74) is 0.409. The van der Waals surface area contributed by atoms with E-state index in [0.717, 1.165) is 31.0 Å². The predicted octanol–water partition coefficient (Wildman–Crippen LogP) is 3.13. The summed E-state index contributed by atoms with van der Waals surface area (Å²) in [5.74, 6) is 1.79. The van der Waals surface area contributed by atoms with Gasteiger partial charge in [0.15, 0.2) is 0 Å². The van der Waals surface area contributed by atoms with E-state index in [1.54, 1.807) is 0 Å². The SMILES string of the molecule is CC(C)CNCC(C)(C)CN(CC1CC1)C1CC1. The Morgan fingerprint density at radius 3 is 2.33 bits per heavy atom. The molecule has 2 aliphatic rings. The fraction of sp³-hybridized carbons (Fsp3) is 1.00. The van der Waals surface area contributed by atoms with Crippen LogP contribution in [0, 0.1) is 17.3 Å². The highest BCUT2D eigenvalue weighted by Crippen LogP contribution is 2.36. The molecule has 2 fully saturated rings. The molecule has 0 aromatic heterocycles. The largest absolute Gasteiger partial charge is 0.316 e. The number of rotatable bonds is 9. The molecule has 0 amide bonds. The van der Waals surface area contributed by atoms with Gasteiger partial charge in [0.1, 0.15) is 0 Å². The van der Waals surface area contributed by atoms with Gasteiger partial charge in [0.25, 0.3) is 0 Å². The molecular weight excluding hydrogens is 220 g/mol. The van der Waals surface area contributed by atoms with Gasteiger partial charge in [-0.3, -0.25) is 4.90 Å². The number of nitrogens with one attached hydrogen (secondary N) is 1. The van der Waals surface area contributed by atoms with Crippen molar-refractivity contribution in [2.24, 2.45) is 17.3 Å². The van der Waals surface area contributed by atoms with Crippen molar-refractivity contribution in [1.82, 2.24) is 10.2 Å². The van der Waals surface area contributed by atoms with Crippen molar-refractivity contribution in [3.8, 4) is 0 Å². The molecule has 2 heteroatoms. The topological polar surface area (TPSA) is 15.3 Å². The quantitative estimate of drug-likeness (QED) is 0.678. The van der Waals surface area contributed by atoms with Crippen LogP contribution in [0.4, 0.5) is 0 Å². The lowest BCUT2D eigenvalue weighted by atomic mass is 9.92. The minimum absolute atomic E-state index is 0.409. The second-order valence-corrected chi connectivity index (χ2v) is 7.79. The molecule has 2 nitrogen and oxygen atoms in total. The van der Waals surface area contributed by atoms with E-state index in [0.29, 0.717) is 5.41 Å². The van der Waals surface area contributed by atoms with Gasteiger partial charge in [-0.2, -0.15) is 0 Å². The first kappa shape index (κ1) is 14.3. The first-order chi connectivity index (χ1) is 8.46. The molecule has 106 valence electrons. The predicted molar refractivity (Wildman–Crippen MR) is 78.8 cm³/mol. The molecule has 0 spiro atoms. The molecule has 2 aliphatic carbocycles. The Labute approximate surface area is 114 Å². The van der Waals surface area contributed by atoms with E-state index < -0.39 is 0 Å². The molecule has 1 N–H and O–H groups in total. The maximum absolute atomic E-state index is 3.63. The lowest BCUT2D eigenvalue weighted by molar-refractivity contribution is 0.160. The minimum atomic E-state index is 0.409. The zero-order chi connectivity index (χ0) is 13.2. The van der Waals surface area contributed by atoms with E-state index in [-0.39, 0.29) is 0 Å². The first-order valence-corrected chi connectivity index (χ1v) is 7.91. The Kier molecular flexibility index (Phi) is 4.71. The third-order valence-corrected chi connectivity index (χ3v) is 4.04.